The molecule has 58 heavy (non-hydrogen) atoms. The number of rotatable bonds is 16. The van der Waals surface area contributed by atoms with Gasteiger partial charge in [-0.15, -0.1) is 0 Å². The standard InChI is InChI=1S/C41H52ClN5O11/c1-10-12-31(24-13-15-29(32(19-24)47(51)52)39(49)58-41(3,4)5)44-40(50)46-33(22-30-35(55-8)20-28(53-6)21-36(30)56-9)37(45-57-11-2)43-23-26(38(46)48)17-25-18-27(42)14-16-34(25)54-7/h13-16,18-21,26,31,33H,10-12,17,22-23H2,1-9H3,(H,43,45)(H,44,50)/t26-,31+,33-/m0/s1. The van der Waals surface area contributed by atoms with Gasteiger partial charge in [-0.3, -0.25) is 35.1 Å². The highest BCUT2D eigenvalue weighted by Crippen LogP contribution is 2.37. The summed E-state index contributed by atoms with van der Waals surface area (Å²) in [6, 6.07) is 9.70. The van der Waals surface area contributed by atoms with Gasteiger partial charge in [0.1, 0.15) is 46.0 Å². The number of esters is 1. The smallest absolute Gasteiger partial charge is 0.345 e. The van der Waals surface area contributed by atoms with Crippen molar-refractivity contribution in [3.05, 3.63) is 85.9 Å². The first-order valence-electron chi connectivity index (χ1n) is 18.8. The van der Waals surface area contributed by atoms with Gasteiger partial charge in [-0.25, -0.2) is 9.59 Å². The minimum atomic E-state index is -1.12. The number of amidine groups is 1. The van der Waals surface area contributed by atoms with Gasteiger partial charge in [-0.05, 0) is 75.9 Å². The van der Waals surface area contributed by atoms with Crippen molar-refractivity contribution in [2.75, 3.05) is 41.6 Å². The quantitative estimate of drug-likeness (QED) is 0.0853. The average molecular weight is 826 g/mol. The van der Waals surface area contributed by atoms with Crippen molar-refractivity contribution in [2.24, 2.45) is 10.9 Å². The second kappa shape index (κ2) is 20.2. The fraction of sp³-hybridized carbons (Fsp3) is 0.463. The number of halogens is 1. The Morgan fingerprint density at radius 1 is 0.966 bits per heavy atom. The van der Waals surface area contributed by atoms with Gasteiger partial charge in [-0.1, -0.05) is 31.0 Å². The summed E-state index contributed by atoms with van der Waals surface area (Å²) in [7, 11) is 5.96. The summed E-state index contributed by atoms with van der Waals surface area (Å²) in [4.78, 5) is 66.0. The van der Waals surface area contributed by atoms with E-state index in [0.29, 0.717) is 57.6 Å². The van der Waals surface area contributed by atoms with Crippen molar-refractivity contribution in [1.82, 2.24) is 15.7 Å². The van der Waals surface area contributed by atoms with E-state index in [-0.39, 0.29) is 37.4 Å². The molecular formula is C41H52ClN5O11. The number of ether oxygens (including phenoxy) is 5. The molecule has 314 valence electrons. The lowest BCUT2D eigenvalue weighted by atomic mass is 9.96. The van der Waals surface area contributed by atoms with Gasteiger partial charge in [-0.2, -0.15) is 0 Å². The summed E-state index contributed by atoms with van der Waals surface area (Å²) in [5.74, 6) is -0.464. The zero-order valence-corrected chi connectivity index (χ0v) is 35.1. The second-order valence-corrected chi connectivity index (χ2v) is 14.8. The molecule has 0 aliphatic carbocycles. The maximum Gasteiger partial charge on any atom is 0.345 e. The first kappa shape index (κ1) is 45.1. The maximum absolute atomic E-state index is 15.0. The molecule has 3 aromatic rings. The number of nitrogens with zero attached hydrogens (tertiary/aromatic N) is 3. The van der Waals surface area contributed by atoms with Crippen LogP contribution in [-0.2, 0) is 27.2 Å². The predicted molar refractivity (Wildman–Crippen MR) is 217 cm³/mol. The topological polar surface area (TPSA) is 189 Å². The Labute approximate surface area is 343 Å². The Morgan fingerprint density at radius 2 is 1.64 bits per heavy atom. The zero-order valence-electron chi connectivity index (χ0n) is 34.3. The van der Waals surface area contributed by atoms with Gasteiger partial charge in [0, 0.05) is 35.2 Å². The molecule has 3 amide bonds. The number of aliphatic imine (C=N–C) groups is 1. The molecule has 0 unspecified atom stereocenters. The van der Waals surface area contributed by atoms with Gasteiger partial charge in [0.05, 0.1) is 58.5 Å². The average Bonchev–Trinajstić information content (AvgIpc) is 3.31. The number of hydrogen-bond acceptors (Lipinski definition) is 13. The first-order chi connectivity index (χ1) is 27.6. The van der Waals surface area contributed by atoms with Gasteiger partial charge >= 0.3 is 12.0 Å². The Morgan fingerprint density at radius 3 is 2.21 bits per heavy atom. The number of nitrogens with one attached hydrogen (secondary N) is 2. The van der Waals surface area contributed by atoms with Crippen LogP contribution in [0.25, 0.3) is 0 Å². The molecule has 0 bridgehead atoms. The molecule has 0 spiro atoms. The fourth-order valence-corrected chi connectivity index (χ4v) is 6.78. The number of carbonyl (C=O) groups is 3. The van der Waals surface area contributed by atoms with Crippen LogP contribution < -0.4 is 29.7 Å². The number of carbonyl (C=O) groups excluding carboxylic acids is 3. The zero-order chi connectivity index (χ0) is 42.7. The maximum atomic E-state index is 15.0. The largest absolute Gasteiger partial charge is 0.496 e. The third kappa shape index (κ3) is 11.1. The number of nitro benzene ring substituents is 1. The van der Waals surface area contributed by atoms with Crippen LogP contribution >= 0.6 is 11.6 Å². The first-order valence-corrected chi connectivity index (χ1v) is 19.2. The lowest BCUT2D eigenvalue weighted by Crippen LogP contribution is -2.57. The molecule has 16 nitrogen and oxygen atoms in total. The van der Waals surface area contributed by atoms with Crippen molar-refractivity contribution in [3.63, 3.8) is 0 Å². The Hall–Kier alpha value is -5.61. The Balaban J connectivity index is 1.87. The number of amides is 3. The monoisotopic (exact) mass is 825 g/mol. The number of urea groups is 1. The summed E-state index contributed by atoms with van der Waals surface area (Å²) < 4.78 is 28.0. The molecule has 3 atom stereocenters. The summed E-state index contributed by atoms with van der Waals surface area (Å²) in [5.41, 5.74) is 2.71. The highest BCUT2D eigenvalue weighted by Gasteiger charge is 2.42. The number of methoxy groups -OCH3 is 4. The van der Waals surface area contributed by atoms with E-state index in [1.807, 2.05) is 6.92 Å². The van der Waals surface area contributed by atoms with Crippen LogP contribution in [0, 0.1) is 16.0 Å². The third-order valence-corrected chi connectivity index (χ3v) is 9.51. The molecule has 4 rings (SSSR count). The molecule has 0 fully saturated rings. The van der Waals surface area contributed by atoms with Gasteiger partial charge in [0.15, 0.2) is 0 Å². The van der Waals surface area contributed by atoms with Crippen LogP contribution in [0.15, 0.2) is 53.5 Å². The highest BCUT2D eigenvalue weighted by molar-refractivity contribution is 6.30. The number of imide groups is 1. The number of benzene rings is 3. The van der Waals surface area contributed by atoms with Crippen LogP contribution in [0.4, 0.5) is 10.5 Å². The third-order valence-electron chi connectivity index (χ3n) is 9.27. The minimum Gasteiger partial charge on any atom is -0.496 e. The van der Waals surface area contributed by atoms with E-state index in [0.717, 1.165) is 4.90 Å². The molecule has 3 aromatic carbocycles. The minimum absolute atomic E-state index is 0.0439. The van der Waals surface area contributed by atoms with Crippen molar-refractivity contribution >= 4 is 41.0 Å². The van der Waals surface area contributed by atoms with Gasteiger partial charge in [0.2, 0.25) is 5.91 Å². The van der Waals surface area contributed by atoms with Crippen molar-refractivity contribution in [1.29, 1.82) is 0 Å². The second-order valence-electron chi connectivity index (χ2n) is 14.4. The molecule has 1 aliphatic rings. The lowest BCUT2D eigenvalue weighted by Gasteiger charge is -2.33. The predicted octanol–water partition coefficient (Wildman–Crippen LogP) is 7.04. The van der Waals surface area contributed by atoms with E-state index in [9.17, 15) is 24.5 Å². The van der Waals surface area contributed by atoms with Crippen molar-refractivity contribution < 1.29 is 47.8 Å². The van der Waals surface area contributed by atoms with E-state index in [4.69, 9.17) is 45.1 Å². The van der Waals surface area contributed by atoms with E-state index < -0.39 is 52.1 Å². The van der Waals surface area contributed by atoms with Crippen LogP contribution in [0.1, 0.15) is 80.6 Å². The molecule has 17 heteroatoms. The SMILES string of the molecule is CCC[C@@H](NC(=O)N1C(=O)[C@@H](Cc2cc(Cl)ccc2OC)CN=C(NOCC)[C@@H]1Cc1c(OC)cc(OC)cc1OC)c1ccc(C(=O)OC(C)(C)C)c([N+](=O)[O-])c1. The lowest BCUT2D eigenvalue weighted by molar-refractivity contribution is -0.385. The molecule has 2 N–H and O–H groups in total. The highest BCUT2D eigenvalue weighted by atomic mass is 35.5. The summed E-state index contributed by atoms with van der Waals surface area (Å²) in [5, 5.41) is 15.7. The molecule has 0 aromatic heterocycles. The summed E-state index contributed by atoms with van der Waals surface area (Å²) >= 11 is 6.37. The van der Waals surface area contributed by atoms with Gasteiger partial charge in [0.25, 0.3) is 5.69 Å². The van der Waals surface area contributed by atoms with Crippen LogP contribution in [0.3, 0.4) is 0 Å². The fourth-order valence-electron chi connectivity index (χ4n) is 6.59. The van der Waals surface area contributed by atoms with Crippen LogP contribution in [-0.4, -0.2) is 86.8 Å². The van der Waals surface area contributed by atoms with E-state index in [2.05, 4.69) is 10.8 Å². The normalized spacial score (nSPS) is 16.1. The molecular weight excluding hydrogens is 774 g/mol. The molecule has 0 saturated carbocycles. The molecule has 1 aliphatic heterocycles. The van der Waals surface area contributed by atoms with Crippen LogP contribution in [0.2, 0.25) is 5.02 Å². The van der Waals surface area contributed by atoms with E-state index in [1.165, 1.54) is 46.6 Å². The number of hydroxylamine groups is 1. The summed E-state index contributed by atoms with van der Waals surface area (Å²) in [6.07, 6.45) is 0.926. The number of nitro groups is 1. The Kier molecular flexibility index (Phi) is 15.7. The molecule has 0 radical (unpaired) electrons. The summed E-state index contributed by atoms with van der Waals surface area (Å²) in [6.45, 7) is 8.81. The molecule has 0 saturated heterocycles. The van der Waals surface area contributed by atoms with E-state index in [1.54, 1.807) is 58.0 Å². The molecule has 1 heterocycles. The van der Waals surface area contributed by atoms with Crippen molar-refractivity contribution in [2.45, 2.75) is 78.0 Å². The van der Waals surface area contributed by atoms with Crippen molar-refractivity contribution in [3.8, 4) is 23.0 Å². The van der Waals surface area contributed by atoms with E-state index >= 15 is 0 Å². The Bertz CT molecular complexity index is 1980. The number of hydrogen-bond donors (Lipinski definition) is 2. The van der Waals surface area contributed by atoms with Crippen LogP contribution in [0.5, 0.6) is 23.0 Å². The van der Waals surface area contributed by atoms with Gasteiger partial charge < -0.3 is 29.0 Å².